The zero-order valence-electron chi connectivity index (χ0n) is 14.3. The first-order valence-electron chi connectivity index (χ1n) is 8.30. The van der Waals surface area contributed by atoms with Crippen LogP contribution in [0.3, 0.4) is 0 Å². The van der Waals surface area contributed by atoms with Gasteiger partial charge in [0.05, 0.1) is 23.3 Å². The highest BCUT2D eigenvalue weighted by molar-refractivity contribution is 7.17. The summed E-state index contributed by atoms with van der Waals surface area (Å²) in [6.45, 7) is 4.54. The molecule has 4 aromatic heterocycles. The number of hydrogen-bond donors (Lipinski definition) is 0. The highest BCUT2D eigenvalue weighted by Gasteiger charge is 2.24. The van der Waals surface area contributed by atoms with Crippen molar-refractivity contribution >= 4 is 28.9 Å². The van der Waals surface area contributed by atoms with Crippen molar-refractivity contribution < 1.29 is 4.42 Å². The zero-order valence-corrected chi connectivity index (χ0v) is 15.1. The van der Waals surface area contributed by atoms with Crippen molar-refractivity contribution in [2.45, 2.75) is 13.8 Å². The second-order valence-corrected chi connectivity index (χ2v) is 7.07. The number of fused-ring (bicyclic) bond motifs is 1. The molecule has 5 rings (SSSR count). The number of aliphatic imine (C=N–C) groups is 2. The van der Waals surface area contributed by atoms with Gasteiger partial charge in [0.1, 0.15) is 21.3 Å². The summed E-state index contributed by atoms with van der Waals surface area (Å²) in [5, 5.41) is 5.50. The topological polar surface area (TPSA) is 68.0 Å². The predicted molar refractivity (Wildman–Crippen MR) is 103 cm³/mol. The van der Waals surface area contributed by atoms with Gasteiger partial charge in [-0.25, -0.2) is 14.5 Å². The van der Waals surface area contributed by atoms with Crippen molar-refractivity contribution in [2.75, 3.05) is 6.54 Å². The van der Waals surface area contributed by atoms with Gasteiger partial charge in [0, 0.05) is 12.4 Å². The average Bonchev–Trinajstić information content (AvgIpc) is 3.39. The van der Waals surface area contributed by atoms with E-state index < -0.39 is 0 Å². The lowest BCUT2D eigenvalue weighted by molar-refractivity contribution is 0.547. The quantitative estimate of drug-likeness (QED) is 0.550. The zero-order chi connectivity index (χ0) is 17.7. The summed E-state index contributed by atoms with van der Waals surface area (Å²) < 4.78 is 7.72. The van der Waals surface area contributed by atoms with Crippen molar-refractivity contribution in [3.8, 4) is 22.0 Å². The molecular formula is C19H15N5OS. The Hall–Kier alpha value is -3.06. The largest absolute Gasteiger partial charge is 0.460 e. The van der Waals surface area contributed by atoms with Gasteiger partial charge in [-0.1, -0.05) is 6.07 Å². The summed E-state index contributed by atoms with van der Waals surface area (Å²) in [7, 11) is 0. The van der Waals surface area contributed by atoms with Crippen LogP contribution in [0.1, 0.15) is 16.3 Å². The Kier molecular flexibility index (Phi) is 3.36. The van der Waals surface area contributed by atoms with Crippen molar-refractivity contribution in [3.63, 3.8) is 0 Å². The van der Waals surface area contributed by atoms with Gasteiger partial charge in [-0.05, 0) is 38.1 Å². The minimum absolute atomic E-state index is 0.606. The number of thiazole rings is 1. The Balaban J connectivity index is 1.75. The van der Waals surface area contributed by atoms with Gasteiger partial charge in [0.25, 0.3) is 0 Å². The number of aromatic nitrogens is 3. The van der Waals surface area contributed by atoms with E-state index in [1.165, 1.54) is 0 Å². The van der Waals surface area contributed by atoms with Crippen molar-refractivity contribution in [1.29, 1.82) is 0 Å². The highest BCUT2D eigenvalue weighted by Crippen LogP contribution is 2.38. The van der Waals surface area contributed by atoms with Gasteiger partial charge in [-0.15, -0.1) is 11.3 Å². The van der Waals surface area contributed by atoms with Gasteiger partial charge >= 0.3 is 0 Å². The number of rotatable bonds is 3. The summed E-state index contributed by atoms with van der Waals surface area (Å²) in [5.74, 6) is 2.30. The molecule has 4 aromatic rings. The van der Waals surface area contributed by atoms with Gasteiger partial charge in [-0.3, -0.25) is 4.99 Å². The Labute approximate surface area is 153 Å². The second-order valence-electron chi connectivity index (χ2n) is 6.07. The molecule has 0 bridgehead atoms. The van der Waals surface area contributed by atoms with Crippen LogP contribution in [-0.2, 0) is 0 Å². The Morgan fingerprint density at radius 3 is 2.85 bits per heavy atom. The lowest BCUT2D eigenvalue weighted by Gasteiger charge is -1.96. The van der Waals surface area contributed by atoms with Crippen molar-refractivity contribution in [1.82, 2.24) is 14.6 Å². The van der Waals surface area contributed by atoms with E-state index in [1.54, 1.807) is 11.3 Å². The molecule has 0 radical (unpaired) electrons. The fraction of sp³-hybridized carbons (Fsp3) is 0.158. The number of furan rings is 1. The van der Waals surface area contributed by atoms with E-state index in [4.69, 9.17) is 9.40 Å². The van der Waals surface area contributed by atoms with Gasteiger partial charge in [0.2, 0.25) is 0 Å². The van der Waals surface area contributed by atoms with E-state index in [0.29, 0.717) is 12.4 Å². The van der Waals surface area contributed by atoms with E-state index in [-0.39, 0.29) is 0 Å². The molecule has 0 N–H and O–H groups in total. The molecule has 0 aliphatic carbocycles. The van der Waals surface area contributed by atoms with E-state index in [9.17, 15) is 0 Å². The van der Waals surface area contributed by atoms with Crippen LogP contribution >= 0.6 is 11.3 Å². The number of pyridine rings is 1. The maximum absolute atomic E-state index is 5.83. The molecule has 26 heavy (non-hydrogen) atoms. The first-order chi connectivity index (χ1) is 12.7. The summed E-state index contributed by atoms with van der Waals surface area (Å²) in [4.78, 5) is 14.7. The standard InChI is InChI=1S/C19H15N5OS/c1-11-6-7-14(25-11)16-17(18-20-8-9-21-18)26-19(22-16)15-12(2)23-24-10-4-3-5-13(15)24/h3-8,10H,9H2,1-2H3. The van der Waals surface area contributed by atoms with Crippen LogP contribution in [0.25, 0.3) is 27.5 Å². The SMILES string of the molecule is Cc1ccc(-c2nc(-c3c(C)nn4ccccc34)sc2C2=NCC=N2)o1. The highest BCUT2D eigenvalue weighted by atomic mass is 32.1. The lowest BCUT2D eigenvalue weighted by Crippen LogP contribution is -1.93. The molecule has 0 fully saturated rings. The molecule has 128 valence electrons. The molecule has 1 aliphatic heterocycles. The molecule has 0 saturated heterocycles. The van der Waals surface area contributed by atoms with E-state index in [1.807, 2.05) is 55.0 Å². The van der Waals surface area contributed by atoms with Crippen LogP contribution in [0.2, 0.25) is 0 Å². The third kappa shape index (κ3) is 2.32. The van der Waals surface area contributed by atoms with E-state index in [2.05, 4.69) is 21.1 Å². The van der Waals surface area contributed by atoms with Crippen LogP contribution in [0.15, 0.2) is 50.9 Å². The second kappa shape index (κ2) is 5.74. The monoisotopic (exact) mass is 361 g/mol. The Morgan fingerprint density at radius 1 is 1.15 bits per heavy atom. The Morgan fingerprint density at radius 2 is 2.08 bits per heavy atom. The van der Waals surface area contributed by atoms with Crippen LogP contribution in [-0.4, -0.2) is 33.2 Å². The number of hydrogen-bond acceptors (Lipinski definition) is 6. The summed E-state index contributed by atoms with van der Waals surface area (Å²) >= 11 is 1.58. The number of nitrogens with zero attached hydrogens (tertiary/aromatic N) is 5. The first kappa shape index (κ1) is 15.2. The van der Waals surface area contributed by atoms with Crippen molar-refractivity contribution in [2.24, 2.45) is 9.98 Å². The van der Waals surface area contributed by atoms with Crippen LogP contribution in [0.5, 0.6) is 0 Å². The van der Waals surface area contributed by atoms with Gasteiger partial charge in [-0.2, -0.15) is 5.10 Å². The first-order valence-corrected chi connectivity index (χ1v) is 9.11. The van der Waals surface area contributed by atoms with Crippen LogP contribution in [0, 0.1) is 13.8 Å². The summed E-state index contributed by atoms with van der Waals surface area (Å²) in [6.07, 6.45) is 3.76. The molecule has 0 aromatic carbocycles. The fourth-order valence-corrected chi connectivity index (χ4v) is 4.25. The minimum atomic E-state index is 0.606. The van der Waals surface area contributed by atoms with Crippen molar-refractivity contribution in [3.05, 3.63) is 52.9 Å². The molecule has 0 atom stereocenters. The lowest BCUT2D eigenvalue weighted by atomic mass is 10.2. The molecule has 5 heterocycles. The normalized spacial score (nSPS) is 13.7. The molecule has 0 spiro atoms. The molecule has 7 heteroatoms. The minimum Gasteiger partial charge on any atom is -0.460 e. The predicted octanol–water partition coefficient (Wildman–Crippen LogP) is 4.17. The maximum Gasteiger partial charge on any atom is 0.167 e. The van der Waals surface area contributed by atoms with E-state index in [0.717, 1.165) is 43.9 Å². The number of aryl methyl sites for hydroxylation is 2. The van der Waals surface area contributed by atoms with Crippen LogP contribution < -0.4 is 0 Å². The third-order valence-electron chi connectivity index (χ3n) is 4.27. The fourth-order valence-electron chi connectivity index (χ4n) is 3.11. The molecule has 0 amide bonds. The summed E-state index contributed by atoms with van der Waals surface area (Å²) in [5.41, 5.74) is 3.79. The Bertz CT molecular complexity index is 1190. The molecule has 0 unspecified atom stereocenters. The maximum atomic E-state index is 5.83. The smallest absolute Gasteiger partial charge is 0.167 e. The van der Waals surface area contributed by atoms with Crippen LogP contribution in [0.4, 0.5) is 0 Å². The van der Waals surface area contributed by atoms with E-state index >= 15 is 0 Å². The summed E-state index contributed by atoms with van der Waals surface area (Å²) in [6, 6.07) is 9.92. The van der Waals surface area contributed by atoms with Gasteiger partial charge in [0.15, 0.2) is 11.6 Å². The molecule has 6 nitrogen and oxygen atoms in total. The number of amidine groups is 1. The molecule has 0 saturated carbocycles. The third-order valence-corrected chi connectivity index (χ3v) is 5.34. The average molecular weight is 361 g/mol. The van der Waals surface area contributed by atoms with Gasteiger partial charge < -0.3 is 4.42 Å². The molecule has 1 aliphatic rings. The molecular weight excluding hydrogens is 346 g/mol.